The molecular weight excluding hydrogens is 358 g/mol. The van der Waals surface area contributed by atoms with Gasteiger partial charge in [-0.25, -0.2) is 0 Å². The summed E-state index contributed by atoms with van der Waals surface area (Å²) >= 11 is 6.43. The molecule has 2 rings (SSSR count). The van der Waals surface area contributed by atoms with E-state index in [0.29, 0.717) is 10.7 Å². The Labute approximate surface area is 134 Å². The fourth-order valence-electron chi connectivity index (χ4n) is 1.39. The Morgan fingerprint density at radius 3 is 2.80 bits per heavy atom. The Bertz CT molecular complexity index is 571. The Hall–Kier alpha value is -0.920. The lowest BCUT2D eigenvalue weighted by atomic mass is 10.2. The third-order valence-electron chi connectivity index (χ3n) is 2.46. The molecule has 0 aliphatic carbocycles. The van der Waals surface area contributed by atoms with Gasteiger partial charge in [-0.05, 0) is 30.7 Å². The van der Waals surface area contributed by atoms with E-state index in [2.05, 4.69) is 38.4 Å². The SMILES string of the molecule is CCCCSc1nnc(NC(=O)c2ccc(Br)cc2)s1. The zero-order valence-electron chi connectivity index (χ0n) is 10.9. The predicted octanol–water partition coefficient (Wildman–Crippen LogP) is 4.45. The first-order valence-electron chi connectivity index (χ1n) is 6.22. The second-order valence-electron chi connectivity index (χ2n) is 4.04. The molecule has 1 heterocycles. The van der Waals surface area contributed by atoms with Gasteiger partial charge in [-0.1, -0.05) is 52.4 Å². The minimum absolute atomic E-state index is 0.168. The van der Waals surface area contributed by atoms with Gasteiger partial charge in [0.25, 0.3) is 5.91 Å². The first-order valence-corrected chi connectivity index (χ1v) is 8.81. The third kappa shape index (κ3) is 4.57. The molecule has 1 amide bonds. The number of anilines is 1. The van der Waals surface area contributed by atoms with Crippen molar-refractivity contribution in [3.8, 4) is 0 Å². The number of amides is 1. The molecule has 0 bridgehead atoms. The van der Waals surface area contributed by atoms with Gasteiger partial charge < -0.3 is 0 Å². The second-order valence-corrected chi connectivity index (χ2v) is 7.27. The summed E-state index contributed by atoms with van der Waals surface area (Å²) in [6.45, 7) is 2.16. The Kier molecular flexibility index (Phi) is 6.00. The quantitative estimate of drug-likeness (QED) is 0.463. The lowest BCUT2D eigenvalue weighted by Crippen LogP contribution is -2.11. The van der Waals surface area contributed by atoms with Crippen molar-refractivity contribution in [1.29, 1.82) is 0 Å². The highest BCUT2D eigenvalue weighted by Gasteiger charge is 2.10. The monoisotopic (exact) mass is 371 g/mol. The highest BCUT2D eigenvalue weighted by Crippen LogP contribution is 2.26. The van der Waals surface area contributed by atoms with Gasteiger partial charge in [0.2, 0.25) is 5.13 Å². The normalized spacial score (nSPS) is 10.5. The van der Waals surface area contributed by atoms with E-state index in [1.54, 1.807) is 23.9 Å². The molecule has 20 heavy (non-hydrogen) atoms. The molecule has 0 spiro atoms. The first kappa shape index (κ1) is 15.5. The van der Waals surface area contributed by atoms with E-state index >= 15 is 0 Å². The van der Waals surface area contributed by atoms with Crippen LogP contribution in [-0.4, -0.2) is 21.9 Å². The molecule has 0 aliphatic rings. The zero-order chi connectivity index (χ0) is 14.4. The molecule has 0 atom stereocenters. The van der Waals surface area contributed by atoms with Crippen LogP contribution in [0.3, 0.4) is 0 Å². The van der Waals surface area contributed by atoms with E-state index in [1.807, 2.05) is 12.1 Å². The van der Waals surface area contributed by atoms with E-state index in [9.17, 15) is 4.79 Å². The molecule has 2 aromatic rings. The van der Waals surface area contributed by atoms with Crippen LogP contribution in [0.1, 0.15) is 30.1 Å². The molecule has 1 N–H and O–H groups in total. The molecule has 0 aliphatic heterocycles. The molecule has 7 heteroatoms. The maximum Gasteiger partial charge on any atom is 0.257 e. The molecule has 0 saturated carbocycles. The molecule has 0 radical (unpaired) electrons. The number of aromatic nitrogens is 2. The van der Waals surface area contributed by atoms with E-state index in [4.69, 9.17) is 0 Å². The number of hydrogen-bond acceptors (Lipinski definition) is 5. The number of benzene rings is 1. The highest BCUT2D eigenvalue weighted by atomic mass is 79.9. The lowest BCUT2D eigenvalue weighted by molar-refractivity contribution is 0.102. The average molecular weight is 372 g/mol. The standard InChI is InChI=1S/C13H14BrN3OS2/c1-2-3-8-19-13-17-16-12(20-13)15-11(18)9-4-6-10(14)7-5-9/h4-7H,2-3,8H2,1H3,(H,15,16,18). The number of carbonyl (C=O) groups excluding carboxylic acids is 1. The van der Waals surface area contributed by atoms with Crippen LogP contribution in [-0.2, 0) is 0 Å². The van der Waals surface area contributed by atoms with Crippen LogP contribution in [0.4, 0.5) is 5.13 Å². The van der Waals surface area contributed by atoms with E-state index < -0.39 is 0 Å². The summed E-state index contributed by atoms with van der Waals surface area (Å²) in [5.74, 6) is 0.866. The van der Waals surface area contributed by atoms with Gasteiger partial charge in [-0.3, -0.25) is 10.1 Å². The molecule has 1 aromatic carbocycles. The Balaban J connectivity index is 1.92. The fraction of sp³-hybridized carbons (Fsp3) is 0.308. The van der Waals surface area contributed by atoms with Crippen LogP contribution < -0.4 is 5.32 Å². The van der Waals surface area contributed by atoms with Gasteiger partial charge in [0.15, 0.2) is 4.34 Å². The van der Waals surface area contributed by atoms with Crippen molar-refractivity contribution in [3.63, 3.8) is 0 Å². The number of thioether (sulfide) groups is 1. The molecule has 0 fully saturated rings. The van der Waals surface area contributed by atoms with Crippen molar-refractivity contribution in [3.05, 3.63) is 34.3 Å². The van der Waals surface area contributed by atoms with Crippen LogP contribution in [0.15, 0.2) is 33.1 Å². The minimum Gasteiger partial charge on any atom is -0.296 e. The van der Waals surface area contributed by atoms with Crippen molar-refractivity contribution in [1.82, 2.24) is 10.2 Å². The third-order valence-corrected chi connectivity index (χ3v) is 5.04. The number of hydrogen-bond donors (Lipinski definition) is 1. The largest absolute Gasteiger partial charge is 0.296 e. The summed E-state index contributed by atoms with van der Waals surface area (Å²) in [5, 5.41) is 11.3. The number of carbonyl (C=O) groups is 1. The summed E-state index contributed by atoms with van der Waals surface area (Å²) in [5.41, 5.74) is 0.601. The molecule has 4 nitrogen and oxygen atoms in total. The van der Waals surface area contributed by atoms with Gasteiger partial charge >= 0.3 is 0 Å². The molecular formula is C13H14BrN3OS2. The van der Waals surface area contributed by atoms with Gasteiger partial charge in [-0.2, -0.15) is 0 Å². The first-order chi connectivity index (χ1) is 9.69. The van der Waals surface area contributed by atoms with Crippen molar-refractivity contribution < 1.29 is 4.79 Å². The van der Waals surface area contributed by atoms with Crippen LogP contribution in [0.2, 0.25) is 0 Å². The number of unbranched alkanes of at least 4 members (excludes halogenated alkanes) is 1. The number of rotatable bonds is 6. The van der Waals surface area contributed by atoms with Crippen molar-refractivity contribution in [2.24, 2.45) is 0 Å². The lowest BCUT2D eigenvalue weighted by Gasteiger charge is -2.00. The van der Waals surface area contributed by atoms with Crippen LogP contribution in [0.25, 0.3) is 0 Å². The highest BCUT2D eigenvalue weighted by molar-refractivity contribution is 9.10. The van der Waals surface area contributed by atoms with E-state index in [1.165, 1.54) is 17.8 Å². The van der Waals surface area contributed by atoms with Crippen LogP contribution >= 0.6 is 39.0 Å². The van der Waals surface area contributed by atoms with Gasteiger partial charge in [0, 0.05) is 15.8 Å². The van der Waals surface area contributed by atoms with Crippen molar-refractivity contribution in [2.45, 2.75) is 24.1 Å². The smallest absolute Gasteiger partial charge is 0.257 e. The fourth-order valence-corrected chi connectivity index (χ4v) is 3.56. The summed E-state index contributed by atoms with van der Waals surface area (Å²) in [7, 11) is 0. The van der Waals surface area contributed by atoms with Gasteiger partial charge in [0.05, 0.1) is 0 Å². The summed E-state index contributed by atoms with van der Waals surface area (Å²) < 4.78 is 1.84. The molecule has 1 aromatic heterocycles. The van der Waals surface area contributed by atoms with E-state index in [-0.39, 0.29) is 5.91 Å². The number of halogens is 1. The maximum atomic E-state index is 12.0. The topological polar surface area (TPSA) is 54.9 Å². The Morgan fingerprint density at radius 2 is 2.10 bits per heavy atom. The average Bonchev–Trinajstić information content (AvgIpc) is 2.87. The summed E-state index contributed by atoms with van der Waals surface area (Å²) in [6, 6.07) is 7.19. The van der Waals surface area contributed by atoms with Crippen LogP contribution in [0, 0.1) is 0 Å². The molecule has 0 saturated heterocycles. The number of nitrogens with one attached hydrogen (secondary N) is 1. The summed E-state index contributed by atoms with van der Waals surface area (Å²) in [4.78, 5) is 12.0. The Morgan fingerprint density at radius 1 is 1.35 bits per heavy atom. The summed E-state index contributed by atoms with van der Waals surface area (Å²) in [6.07, 6.45) is 2.32. The van der Waals surface area contributed by atoms with Crippen LogP contribution in [0.5, 0.6) is 0 Å². The maximum absolute atomic E-state index is 12.0. The van der Waals surface area contributed by atoms with Gasteiger partial charge in [-0.15, -0.1) is 10.2 Å². The van der Waals surface area contributed by atoms with Crippen molar-refractivity contribution in [2.75, 3.05) is 11.1 Å². The zero-order valence-corrected chi connectivity index (χ0v) is 14.1. The molecule has 106 valence electrons. The van der Waals surface area contributed by atoms with E-state index in [0.717, 1.165) is 21.0 Å². The predicted molar refractivity (Wildman–Crippen MR) is 87.6 cm³/mol. The molecule has 0 unspecified atom stereocenters. The minimum atomic E-state index is -0.168. The van der Waals surface area contributed by atoms with Crippen molar-refractivity contribution >= 4 is 50.1 Å². The second kappa shape index (κ2) is 7.75. The number of nitrogens with zero attached hydrogens (tertiary/aromatic N) is 2. The van der Waals surface area contributed by atoms with Gasteiger partial charge in [0.1, 0.15) is 0 Å².